The summed E-state index contributed by atoms with van der Waals surface area (Å²) in [5.41, 5.74) is 0.445. The molecule has 0 atom stereocenters. The average Bonchev–Trinajstić information content (AvgIpc) is 3.04. The molecule has 4 nitrogen and oxygen atoms in total. The Balaban J connectivity index is 2.02. The van der Waals surface area contributed by atoms with Gasteiger partial charge in [-0.1, -0.05) is 6.07 Å². The van der Waals surface area contributed by atoms with Crippen LogP contribution in [0.3, 0.4) is 0 Å². The van der Waals surface area contributed by atoms with E-state index in [2.05, 4.69) is 4.98 Å². The third kappa shape index (κ3) is 5.14. The summed E-state index contributed by atoms with van der Waals surface area (Å²) in [6.07, 6.45) is -2.63. The van der Waals surface area contributed by atoms with Crippen LogP contribution in [0.5, 0.6) is 0 Å². The van der Waals surface area contributed by atoms with Crippen LogP contribution in [0.25, 0.3) is 10.8 Å². The molecule has 0 aromatic carbocycles. The lowest BCUT2D eigenvalue weighted by Gasteiger charge is -2.22. The van der Waals surface area contributed by atoms with E-state index in [1.54, 1.807) is 0 Å². The molecule has 2 aromatic heterocycles. The number of rotatable bonds is 7. The molecule has 0 amide bonds. The van der Waals surface area contributed by atoms with Crippen molar-refractivity contribution in [3.8, 4) is 10.8 Å². The number of hydrogen-bond acceptors (Lipinski definition) is 5. The largest absolute Gasteiger partial charge is 0.444 e. The van der Waals surface area contributed by atoms with Gasteiger partial charge in [0.25, 0.3) is 0 Å². The molecule has 8 heteroatoms. The molecular formula is C13H15F3N2O2S. The molecule has 0 bridgehead atoms. The zero-order chi connectivity index (χ0) is 15.3. The molecule has 0 radical (unpaired) electrons. The number of aliphatic hydroxyl groups excluding tert-OH is 1. The molecule has 0 aliphatic rings. The van der Waals surface area contributed by atoms with Gasteiger partial charge in [0.1, 0.15) is 6.26 Å². The minimum absolute atomic E-state index is 0.0361. The molecule has 116 valence electrons. The second-order valence-electron chi connectivity index (χ2n) is 4.52. The SMILES string of the molecule is OCCCN(Cc1coc(-c2cccs2)n1)CC(F)(F)F. The van der Waals surface area contributed by atoms with Crippen LogP contribution in [-0.2, 0) is 6.54 Å². The monoisotopic (exact) mass is 320 g/mol. The third-order valence-electron chi connectivity index (χ3n) is 2.70. The van der Waals surface area contributed by atoms with Gasteiger partial charge in [0.2, 0.25) is 5.89 Å². The van der Waals surface area contributed by atoms with Crippen LogP contribution in [0.4, 0.5) is 13.2 Å². The minimum Gasteiger partial charge on any atom is -0.444 e. The van der Waals surface area contributed by atoms with Gasteiger partial charge in [-0.15, -0.1) is 11.3 Å². The first kappa shape index (κ1) is 16.0. The van der Waals surface area contributed by atoms with Gasteiger partial charge in [-0.05, 0) is 17.9 Å². The Labute approximate surface area is 123 Å². The van der Waals surface area contributed by atoms with E-state index in [-0.39, 0.29) is 26.1 Å². The van der Waals surface area contributed by atoms with Gasteiger partial charge < -0.3 is 9.52 Å². The van der Waals surface area contributed by atoms with Crippen LogP contribution in [0.15, 0.2) is 28.2 Å². The molecule has 2 heterocycles. The first-order valence-corrected chi connectivity index (χ1v) is 7.24. The summed E-state index contributed by atoms with van der Waals surface area (Å²) >= 11 is 1.45. The molecule has 21 heavy (non-hydrogen) atoms. The maximum absolute atomic E-state index is 12.5. The summed E-state index contributed by atoms with van der Waals surface area (Å²) in [5, 5.41) is 10.6. The lowest BCUT2D eigenvalue weighted by molar-refractivity contribution is -0.147. The van der Waals surface area contributed by atoms with E-state index in [9.17, 15) is 13.2 Å². The molecular weight excluding hydrogens is 305 g/mol. The maximum Gasteiger partial charge on any atom is 0.401 e. The lowest BCUT2D eigenvalue weighted by Crippen LogP contribution is -2.35. The predicted octanol–water partition coefficient (Wildman–Crippen LogP) is 3.15. The molecule has 0 unspecified atom stereocenters. The van der Waals surface area contributed by atoms with Gasteiger partial charge in [-0.2, -0.15) is 13.2 Å². The van der Waals surface area contributed by atoms with Crippen molar-refractivity contribution < 1.29 is 22.7 Å². The van der Waals surface area contributed by atoms with Gasteiger partial charge in [-0.3, -0.25) is 4.90 Å². The van der Waals surface area contributed by atoms with Crippen LogP contribution in [0.2, 0.25) is 0 Å². The predicted molar refractivity (Wildman–Crippen MR) is 72.9 cm³/mol. The van der Waals surface area contributed by atoms with Crippen LogP contribution in [0, 0.1) is 0 Å². The van der Waals surface area contributed by atoms with Gasteiger partial charge in [0, 0.05) is 19.7 Å². The van der Waals surface area contributed by atoms with E-state index >= 15 is 0 Å². The first-order valence-electron chi connectivity index (χ1n) is 6.36. The van der Waals surface area contributed by atoms with E-state index in [4.69, 9.17) is 9.52 Å². The number of nitrogens with zero attached hydrogens (tertiary/aromatic N) is 2. The van der Waals surface area contributed by atoms with E-state index in [1.165, 1.54) is 22.5 Å². The number of oxazole rings is 1. The number of hydrogen-bond donors (Lipinski definition) is 1. The Morgan fingerprint density at radius 3 is 2.81 bits per heavy atom. The number of aromatic nitrogens is 1. The van der Waals surface area contributed by atoms with Crippen molar-refractivity contribution in [3.63, 3.8) is 0 Å². The fourth-order valence-corrected chi connectivity index (χ4v) is 2.54. The summed E-state index contributed by atoms with van der Waals surface area (Å²) in [4.78, 5) is 6.24. The highest BCUT2D eigenvalue weighted by Gasteiger charge is 2.30. The Hall–Kier alpha value is -1.38. The second-order valence-corrected chi connectivity index (χ2v) is 5.47. The number of halogens is 3. The van der Waals surface area contributed by atoms with Crippen molar-refractivity contribution in [2.24, 2.45) is 0 Å². The van der Waals surface area contributed by atoms with E-state index in [0.29, 0.717) is 11.6 Å². The van der Waals surface area contributed by atoms with Gasteiger partial charge >= 0.3 is 6.18 Å². The summed E-state index contributed by atoms with van der Waals surface area (Å²) in [7, 11) is 0. The summed E-state index contributed by atoms with van der Waals surface area (Å²) in [6.45, 7) is -0.993. The molecule has 2 aromatic rings. The summed E-state index contributed by atoms with van der Waals surface area (Å²) in [5.74, 6) is 0.411. The normalized spacial score (nSPS) is 12.2. The second kappa shape index (κ2) is 7.06. The number of alkyl halides is 3. The van der Waals surface area contributed by atoms with E-state index in [0.717, 1.165) is 4.88 Å². The molecule has 0 spiro atoms. The van der Waals surface area contributed by atoms with Gasteiger partial charge in [-0.25, -0.2) is 4.98 Å². The molecule has 2 rings (SSSR count). The highest BCUT2D eigenvalue weighted by molar-refractivity contribution is 7.13. The van der Waals surface area contributed by atoms with E-state index in [1.807, 2.05) is 17.5 Å². The smallest absolute Gasteiger partial charge is 0.401 e. The fraction of sp³-hybridized carbons (Fsp3) is 0.462. The van der Waals surface area contributed by atoms with Crippen LogP contribution >= 0.6 is 11.3 Å². The molecule has 0 saturated carbocycles. The van der Waals surface area contributed by atoms with Crippen molar-refractivity contribution in [3.05, 3.63) is 29.5 Å². The fourth-order valence-electron chi connectivity index (χ4n) is 1.88. The van der Waals surface area contributed by atoms with Gasteiger partial charge in [0.15, 0.2) is 0 Å². The zero-order valence-electron chi connectivity index (χ0n) is 11.1. The molecule has 0 aliphatic heterocycles. The van der Waals surface area contributed by atoms with Crippen molar-refractivity contribution >= 4 is 11.3 Å². The van der Waals surface area contributed by atoms with Crippen LogP contribution in [-0.4, -0.2) is 40.9 Å². The maximum atomic E-state index is 12.5. The Kier molecular flexibility index (Phi) is 5.38. The van der Waals surface area contributed by atoms with Crippen LogP contribution < -0.4 is 0 Å². The van der Waals surface area contributed by atoms with Crippen LogP contribution in [0.1, 0.15) is 12.1 Å². The third-order valence-corrected chi connectivity index (χ3v) is 3.56. The molecule has 0 saturated heterocycles. The highest BCUT2D eigenvalue weighted by Crippen LogP contribution is 2.24. The van der Waals surface area contributed by atoms with Crippen molar-refractivity contribution in [2.45, 2.75) is 19.1 Å². The molecule has 1 N–H and O–H groups in total. The standard InChI is InChI=1S/C13H15F3N2O2S/c14-13(15,16)9-18(4-2-5-19)7-10-8-20-12(17-10)11-3-1-6-21-11/h1,3,6,8,19H,2,4-5,7,9H2. The Morgan fingerprint density at radius 1 is 1.38 bits per heavy atom. The molecule has 0 fully saturated rings. The van der Waals surface area contributed by atoms with Crippen molar-refractivity contribution in [2.75, 3.05) is 19.7 Å². The first-order chi connectivity index (χ1) is 9.98. The minimum atomic E-state index is -4.28. The summed E-state index contributed by atoms with van der Waals surface area (Å²) in [6, 6.07) is 3.68. The quantitative estimate of drug-likeness (QED) is 0.851. The highest BCUT2D eigenvalue weighted by atomic mass is 32.1. The van der Waals surface area contributed by atoms with Gasteiger partial charge in [0.05, 0.1) is 17.1 Å². The Bertz CT molecular complexity index is 540. The zero-order valence-corrected chi connectivity index (χ0v) is 12.0. The van der Waals surface area contributed by atoms with E-state index < -0.39 is 12.7 Å². The number of thiophene rings is 1. The molecule has 0 aliphatic carbocycles. The average molecular weight is 320 g/mol. The van der Waals surface area contributed by atoms with Crippen molar-refractivity contribution in [1.29, 1.82) is 0 Å². The van der Waals surface area contributed by atoms with Crippen molar-refractivity contribution in [1.82, 2.24) is 9.88 Å². The Morgan fingerprint density at radius 2 is 2.19 bits per heavy atom. The number of aliphatic hydroxyl groups is 1. The summed E-state index contributed by atoms with van der Waals surface area (Å²) < 4.78 is 42.8. The topological polar surface area (TPSA) is 49.5 Å². The lowest BCUT2D eigenvalue weighted by atomic mass is 10.3.